The molecule has 1 unspecified atom stereocenters. The van der Waals surface area contributed by atoms with Crippen LogP contribution in [0.4, 0.5) is 0 Å². The molecule has 0 bridgehead atoms. The molecule has 0 fully saturated rings. The molecule has 4 nitrogen and oxygen atoms in total. The largest absolute Gasteiger partial charge is 0.481 e. The Morgan fingerprint density at radius 1 is 0.355 bits per heavy atom. The van der Waals surface area contributed by atoms with Crippen LogP contribution in [0.15, 0.2) is 24.3 Å². The summed E-state index contributed by atoms with van der Waals surface area (Å²) in [5.74, 6) is -0.0924. The second-order valence-electron chi connectivity index (χ2n) is 19.0. The van der Waals surface area contributed by atoms with Crippen molar-refractivity contribution in [3.05, 3.63) is 24.3 Å². The predicted octanol–water partition coefficient (Wildman–Crippen LogP) is 19.8. The van der Waals surface area contributed by atoms with Crippen LogP contribution in [0.2, 0.25) is 0 Å². The molecule has 0 aromatic carbocycles. The molecule has 0 spiro atoms. The number of carboxylic acids is 1. The van der Waals surface area contributed by atoms with Crippen LogP contribution in [0, 0.1) is 5.92 Å². The van der Waals surface area contributed by atoms with Crippen molar-refractivity contribution in [2.75, 3.05) is 13.2 Å². The van der Waals surface area contributed by atoms with E-state index in [1.807, 2.05) is 0 Å². The molecule has 0 aromatic rings. The topological polar surface area (TPSA) is 77.8 Å². The van der Waals surface area contributed by atoms with Gasteiger partial charge < -0.3 is 15.3 Å². The third kappa shape index (κ3) is 67.9. The fourth-order valence-electron chi connectivity index (χ4n) is 8.21. The van der Waals surface area contributed by atoms with Gasteiger partial charge in [0.25, 0.3) is 0 Å². The molecule has 0 saturated carbocycles. The van der Waals surface area contributed by atoms with E-state index in [-0.39, 0.29) is 0 Å². The van der Waals surface area contributed by atoms with Crippen molar-refractivity contribution in [3.8, 4) is 0 Å². The summed E-state index contributed by atoms with van der Waals surface area (Å²) in [6, 6.07) is 0. The number of unbranched alkanes of at least 4 members (excludes halogenated alkanes) is 37. The number of aliphatic carboxylic acids is 1. The second kappa shape index (κ2) is 64.2. The number of aliphatic hydroxyl groups excluding tert-OH is 2. The summed E-state index contributed by atoms with van der Waals surface area (Å²) < 4.78 is 0. The van der Waals surface area contributed by atoms with Crippen LogP contribution in [0.1, 0.15) is 323 Å². The van der Waals surface area contributed by atoms with Gasteiger partial charge in [-0.2, -0.15) is 0 Å². The van der Waals surface area contributed by atoms with Gasteiger partial charge in [0.15, 0.2) is 0 Å². The first-order valence-corrected chi connectivity index (χ1v) is 28.3. The summed E-state index contributed by atoms with van der Waals surface area (Å²) in [6.07, 6.45) is 69.3. The molecule has 1 atom stereocenters. The first-order chi connectivity index (χ1) is 30.5. The predicted molar refractivity (Wildman–Crippen MR) is 279 cm³/mol. The fourth-order valence-corrected chi connectivity index (χ4v) is 8.21. The maximum absolute atomic E-state index is 10.3. The third-order valence-electron chi connectivity index (χ3n) is 12.5. The third-order valence-corrected chi connectivity index (χ3v) is 12.5. The molecule has 0 heterocycles. The normalized spacial score (nSPS) is 11.8. The van der Waals surface area contributed by atoms with E-state index in [0.29, 0.717) is 25.6 Å². The van der Waals surface area contributed by atoms with Crippen LogP contribution in [0.25, 0.3) is 0 Å². The zero-order valence-corrected chi connectivity index (χ0v) is 43.1. The smallest absolute Gasteiger partial charge is 0.303 e. The number of rotatable bonds is 49. The van der Waals surface area contributed by atoms with E-state index < -0.39 is 5.97 Å². The average Bonchev–Trinajstić information content (AvgIpc) is 3.27. The molecule has 4 heteroatoms. The number of carbonyl (C=O) groups is 1. The Bertz CT molecular complexity index is 806. The van der Waals surface area contributed by atoms with Gasteiger partial charge >= 0.3 is 5.97 Å². The van der Waals surface area contributed by atoms with Crippen molar-refractivity contribution in [2.45, 2.75) is 323 Å². The first-order valence-electron chi connectivity index (χ1n) is 28.3. The summed E-state index contributed by atoms with van der Waals surface area (Å²) >= 11 is 0. The standard InChI is InChI=1S/C23H48O.C18H32O2.C17H36O/c1-3-5-7-9-10-11-12-13-14-15-16-17-19-21-23(22-24)20-18-8-6-4-2;1-2-3-4-5-6-7-8-9-10-11-12-13-14-15-16-17-18(19)20;1-2-3-4-5-6-7-8-9-10-11-12-13-14-15-16-17-18/h23-24H,3-22H2,1-2H3;6-7,9-10H,2-5,8,11-17H2,1H3,(H,19,20);18H,2-17H2,1H3. The molecule has 0 radical (unpaired) electrons. The number of allylic oxidation sites excluding steroid dienone is 4. The van der Waals surface area contributed by atoms with Gasteiger partial charge in [0.1, 0.15) is 0 Å². The van der Waals surface area contributed by atoms with Gasteiger partial charge in [-0.15, -0.1) is 0 Å². The Balaban J connectivity index is -0.000000852. The minimum atomic E-state index is -0.671. The maximum atomic E-state index is 10.3. The molecule has 0 amide bonds. The van der Waals surface area contributed by atoms with E-state index >= 15 is 0 Å². The summed E-state index contributed by atoms with van der Waals surface area (Å²) in [6.45, 7) is 9.85. The van der Waals surface area contributed by atoms with Crippen molar-refractivity contribution in [3.63, 3.8) is 0 Å². The van der Waals surface area contributed by atoms with Crippen LogP contribution in [0.3, 0.4) is 0 Å². The zero-order valence-electron chi connectivity index (χ0n) is 43.1. The van der Waals surface area contributed by atoms with E-state index in [4.69, 9.17) is 10.2 Å². The highest BCUT2D eigenvalue weighted by Gasteiger charge is 2.07. The summed E-state index contributed by atoms with van der Waals surface area (Å²) in [5, 5.41) is 26.6. The lowest BCUT2D eigenvalue weighted by atomic mass is 9.95. The molecular weight excluding hydrogens is 761 g/mol. The van der Waals surface area contributed by atoms with E-state index in [1.54, 1.807) is 0 Å². The number of aliphatic hydroxyl groups is 2. The highest BCUT2D eigenvalue weighted by atomic mass is 16.4. The molecule has 3 N–H and O–H groups in total. The zero-order chi connectivity index (χ0) is 45.9. The van der Waals surface area contributed by atoms with Crippen LogP contribution in [-0.2, 0) is 4.79 Å². The Labute approximate surface area is 391 Å². The molecule has 372 valence electrons. The van der Waals surface area contributed by atoms with Gasteiger partial charge in [-0.1, -0.05) is 283 Å². The summed E-state index contributed by atoms with van der Waals surface area (Å²) in [7, 11) is 0. The highest BCUT2D eigenvalue weighted by molar-refractivity contribution is 5.66. The quantitative estimate of drug-likeness (QED) is 0.0420. The van der Waals surface area contributed by atoms with Crippen LogP contribution in [-0.4, -0.2) is 34.5 Å². The highest BCUT2D eigenvalue weighted by Crippen LogP contribution is 2.19. The van der Waals surface area contributed by atoms with Gasteiger partial charge in [0, 0.05) is 19.6 Å². The van der Waals surface area contributed by atoms with Crippen molar-refractivity contribution in [1.29, 1.82) is 0 Å². The lowest BCUT2D eigenvalue weighted by Crippen LogP contribution is -2.06. The van der Waals surface area contributed by atoms with E-state index in [1.165, 1.54) is 257 Å². The number of hydrogen-bond acceptors (Lipinski definition) is 3. The van der Waals surface area contributed by atoms with Gasteiger partial charge in [0.05, 0.1) is 0 Å². The lowest BCUT2D eigenvalue weighted by molar-refractivity contribution is -0.137. The van der Waals surface area contributed by atoms with Gasteiger partial charge in [-0.3, -0.25) is 4.79 Å². The Morgan fingerprint density at radius 2 is 0.629 bits per heavy atom. The van der Waals surface area contributed by atoms with E-state index in [2.05, 4.69) is 52.0 Å². The van der Waals surface area contributed by atoms with Gasteiger partial charge in [0.2, 0.25) is 0 Å². The van der Waals surface area contributed by atoms with E-state index in [9.17, 15) is 9.90 Å². The lowest BCUT2D eigenvalue weighted by Gasteiger charge is -2.13. The van der Waals surface area contributed by atoms with E-state index in [0.717, 1.165) is 32.1 Å². The monoisotopic (exact) mass is 877 g/mol. The van der Waals surface area contributed by atoms with Gasteiger partial charge in [-0.05, 0) is 63.7 Å². The van der Waals surface area contributed by atoms with Crippen molar-refractivity contribution in [2.24, 2.45) is 5.92 Å². The van der Waals surface area contributed by atoms with Crippen LogP contribution < -0.4 is 0 Å². The number of carboxylic acid groups (broad SMARTS) is 1. The summed E-state index contributed by atoms with van der Waals surface area (Å²) in [5.41, 5.74) is 0. The fraction of sp³-hybridized carbons (Fsp3) is 0.914. The van der Waals surface area contributed by atoms with Crippen molar-refractivity contribution < 1.29 is 20.1 Å². The average molecular weight is 878 g/mol. The Hall–Kier alpha value is -1.13. The second-order valence-corrected chi connectivity index (χ2v) is 19.0. The Morgan fingerprint density at radius 3 is 0.968 bits per heavy atom. The molecule has 0 aliphatic heterocycles. The minimum Gasteiger partial charge on any atom is -0.481 e. The molecule has 0 aliphatic rings. The van der Waals surface area contributed by atoms with Crippen molar-refractivity contribution >= 4 is 5.97 Å². The molecule has 0 aromatic heterocycles. The number of hydrogen-bond donors (Lipinski definition) is 3. The van der Waals surface area contributed by atoms with Crippen LogP contribution >= 0.6 is 0 Å². The van der Waals surface area contributed by atoms with Crippen molar-refractivity contribution in [1.82, 2.24) is 0 Å². The molecule has 0 aliphatic carbocycles. The molecular formula is C58H116O4. The maximum Gasteiger partial charge on any atom is 0.303 e. The Kier molecular flexibility index (Phi) is 67.4. The SMILES string of the molecule is CCCCCC=CCC=CCCCCCCCC(=O)O.CCCCCCCCCCCCCCCC(CO)CCCCCC.CCCCCCCCCCCCCCCCCO. The minimum absolute atomic E-state index is 0.324. The van der Waals surface area contributed by atoms with Gasteiger partial charge in [-0.25, -0.2) is 0 Å². The summed E-state index contributed by atoms with van der Waals surface area (Å²) in [4.78, 5) is 10.3. The first kappa shape index (κ1) is 65.2. The molecule has 62 heavy (non-hydrogen) atoms. The molecule has 0 rings (SSSR count). The molecule has 0 saturated heterocycles. The van der Waals surface area contributed by atoms with Crippen LogP contribution in [0.5, 0.6) is 0 Å².